The molecule has 0 unspecified atom stereocenters. The second-order valence-electron chi connectivity index (χ2n) is 10.8. The van der Waals surface area contributed by atoms with Gasteiger partial charge >= 0.3 is 5.91 Å². The molecule has 0 saturated heterocycles. The first kappa shape index (κ1) is 34.1. The maximum absolute atomic E-state index is 13.2. The Labute approximate surface area is 276 Å². The minimum Gasteiger partial charge on any atom is -0.388 e. The number of hydrogen-bond donors (Lipinski definition) is 8. The number of likely N-dealkylation sites (N-methyl/N-ethyl adjacent to an activating group) is 1. The van der Waals surface area contributed by atoms with E-state index in [1.54, 1.807) is 27.3 Å². The van der Waals surface area contributed by atoms with Gasteiger partial charge in [0.15, 0.2) is 11.6 Å². The number of amidine groups is 1. The zero-order chi connectivity index (χ0) is 34.6. The molecule has 0 aliphatic carbocycles. The highest BCUT2D eigenvalue weighted by molar-refractivity contribution is 9.12. The van der Waals surface area contributed by atoms with Crippen LogP contribution in [-0.4, -0.2) is 84.8 Å². The van der Waals surface area contributed by atoms with Crippen LogP contribution in [0.25, 0.3) is 0 Å². The molecule has 9 N–H and O–H groups in total. The summed E-state index contributed by atoms with van der Waals surface area (Å²) in [7, 11) is 6.60. The van der Waals surface area contributed by atoms with E-state index in [1.807, 2.05) is 0 Å². The lowest BCUT2D eigenvalue weighted by atomic mass is 10.3. The number of aromatic nitrogens is 5. The first-order valence-electron chi connectivity index (χ1n) is 13.8. The van der Waals surface area contributed by atoms with Crippen molar-refractivity contribution in [2.75, 3.05) is 36.6 Å². The van der Waals surface area contributed by atoms with Crippen molar-refractivity contribution in [2.45, 2.75) is 6.42 Å². The van der Waals surface area contributed by atoms with Gasteiger partial charge in [-0.05, 0) is 22.0 Å². The molecule has 1 aliphatic heterocycles. The Hall–Kier alpha value is -5.82. The van der Waals surface area contributed by atoms with Crippen LogP contribution in [0.1, 0.15) is 38.0 Å². The van der Waals surface area contributed by atoms with Crippen molar-refractivity contribution in [3.8, 4) is 0 Å². The standard InChI is InChI=1S/C28H32BrN13O5/c1-14(29)24(43)38-22-12-40(2)23(36-22)28(47)37-21-10-18(41(3)39-21)26(45)35-16-9-19(42(4,5)13-16)27(46)34-15-8-17(33-11-15)25(44)32-7-6-20(30)31/h8-13H,1,6-7H2,2-5H3,(H8-,30,31,32,33,34,35,36,37,38,39,43,44,45,46,47)/p+1. The molecule has 0 fully saturated rings. The third-order valence-corrected chi connectivity index (χ3v) is 7.01. The molecule has 18 nitrogen and oxygen atoms in total. The van der Waals surface area contributed by atoms with Crippen LogP contribution in [0.3, 0.4) is 0 Å². The average molecular weight is 712 g/mol. The zero-order valence-corrected chi connectivity index (χ0v) is 27.4. The minimum absolute atomic E-state index is 0.00676. The molecule has 4 heterocycles. The molecule has 0 atom stereocenters. The molecule has 0 saturated carbocycles. The van der Waals surface area contributed by atoms with Crippen LogP contribution < -0.4 is 32.3 Å². The first-order valence-corrected chi connectivity index (χ1v) is 14.6. The summed E-state index contributed by atoms with van der Waals surface area (Å²) in [6.07, 6.45) is 6.32. The molecule has 0 aromatic carbocycles. The van der Waals surface area contributed by atoms with Crippen molar-refractivity contribution in [3.05, 3.63) is 76.5 Å². The monoisotopic (exact) mass is 710 g/mol. The topological polar surface area (TPSA) is 247 Å². The number of anilines is 3. The van der Waals surface area contributed by atoms with Crippen molar-refractivity contribution in [1.29, 1.82) is 5.41 Å². The van der Waals surface area contributed by atoms with Gasteiger partial charge in [-0.25, -0.2) is 4.98 Å². The molecule has 246 valence electrons. The van der Waals surface area contributed by atoms with E-state index in [1.165, 1.54) is 46.9 Å². The number of imidazole rings is 1. The Balaban J connectivity index is 1.38. The van der Waals surface area contributed by atoms with E-state index in [0.717, 1.165) is 0 Å². The van der Waals surface area contributed by atoms with Gasteiger partial charge in [0.25, 0.3) is 23.6 Å². The fourth-order valence-electron chi connectivity index (χ4n) is 4.39. The van der Waals surface area contributed by atoms with Gasteiger partial charge in [0.05, 0.1) is 30.1 Å². The van der Waals surface area contributed by atoms with E-state index in [4.69, 9.17) is 11.1 Å². The first-order chi connectivity index (χ1) is 22.0. The SMILES string of the molecule is C=C(Br)C(=O)Nc1cn(C)c(C(=O)Nc2cc(C(=O)NC3=C[N+](C)(C)C(C(=O)Nc4c[nH]c(C(=O)NCCC(=N)N)c4)=C3)n(C)n2)n1. The smallest absolute Gasteiger partial charge is 0.310 e. The van der Waals surface area contributed by atoms with E-state index >= 15 is 0 Å². The van der Waals surface area contributed by atoms with Gasteiger partial charge in [0.1, 0.15) is 23.3 Å². The van der Waals surface area contributed by atoms with Crippen molar-refractivity contribution >= 4 is 68.6 Å². The Bertz CT molecular complexity index is 1880. The van der Waals surface area contributed by atoms with Crippen molar-refractivity contribution < 1.29 is 28.5 Å². The predicted octanol–water partition coefficient (Wildman–Crippen LogP) is 0.821. The Morgan fingerprint density at radius 1 is 1.02 bits per heavy atom. The van der Waals surface area contributed by atoms with E-state index < -0.39 is 29.5 Å². The lowest BCUT2D eigenvalue weighted by Gasteiger charge is -2.22. The fraction of sp³-hybridized carbons (Fsp3) is 0.214. The normalized spacial score (nSPS) is 13.2. The summed E-state index contributed by atoms with van der Waals surface area (Å²) in [4.78, 5) is 70.2. The van der Waals surface area contributed by atoms with Gasteiger partial charge < -0.3 is 41.9 Å². The van der Waals surface area contributed by atoms with Crippen LogP contribution in [-0.2, 0) is 23.7 Å². The molecule has 3 aromatic rings. The number of allylic oxidation sites excluding steroid dienone is 1. The summed E-state index contributed by atoms with van der Waals surface area (Å²) >= 11 is 2.98. The number of amides is 5. The average Bonchev–Trinajstić information content (AvgIpc) is 3.74. The molecule has 0 bridgehead atoms. The third kappa shape index (κ3) is 8.27. The van der Waals surface area contributed by atoms with Gasteiger partial charge in [-0.15, -0.1) is 0 Å². The molecule has 0 spiro atoms. The number of quaternary nitrogens is 1. The maximum atomic E-state index is 13.2. The lowest BCUT2D eigenvalue weighted by molar-refractivity contribution is -0.791. The second kappa shape index (κ2) is 13.7. The van der Waals surface area contributed by atoms with Crippen molar-refractivity contribution in [1.82, 2.24) is 34.9 Å². The van der Waals surface area contributed by atoms with Crippen LogP contribution in [0, 0.1) is 5.41 Å². The molecular formula is C28H33BrN13O5+. The Morgan fingerprint density at radius 2 is 1.74 bits per heavy atom. The molecule has 1 aliphatic rings. The molecule has 5 amide bonds. The number of carbonyl (C=O) groups is 5. The number of aromatic amines is 1. The number of halogens is 1. The molecule has 19 heteroatoms. The highest BCUT2D eigenvalue weighted by Gasteiger charge is 2.34. The highest BCUT2D eigenvalue weighted by Crippen LogP contribution is 2.25. The molecule has 47 heavy (non-hydrogen) atoms. The number of hydrogen-bond acceptors (Lipinski definition) is 8. The van der Waals surface area contributed by atoms with Gasteiger partial charge in [0, 0.05) is 51.6 Å². The molecule has 0 radical (unpaired) electrons. The summed E-state index contributed by atoms with van der Waals surface area (Å²) in [5.74, 6) is -2.42. The maximum Gasteiger partial charge on any atom is 0.310 e. The molecule has 3 aromatic heterocycles. The van der Waals surface area contributed by atoms with Gasteiger partial charge in [-0.2, -0.15) is 5.10 Å². The zero-order valence-electron chi connectivity index (χ0n) is 25.8. The van der Waals surface area contributed by atoms with E-state index in [9.17, 15) is 24.0 Å². The summed E-state index contributed by atoms with van der Waals surface area (Å²) in [5, 5.41) is 24.6. The van der Waals surface area contributed by atoms with E-state index in [2.05, 4.69) is 64.2 Å². The van der Waals surface area contributed by atoms with Crippen LogP contribution in [0.2, 0.25) is 0 Å². The number of carbonyl (C=O) groups excluding carboxylic acids is 5. The van der Waals surface area contributed by atoms with Gasteiger partial charge in [-0.3, -0.25) is 38.5 Å². The highest BCUT2D eigenvalue weighted by atomic mass is 79.9. The number of nitrogens with one attached hydrogen (secondary N) is 7. The molecule has 4 rings (SSSR count). The van der Waals surface area contributed by atoms with Crippen molar-refractivity contribution in [3.63, 3.8) is 0 Å². The van der Waals surface area contributed by atoms with Gasteiger partial charge in [0.2, 0.25) is 11.5 Å². The summed E-state index contributed by atoms with van der Waals surface area (Å²) in [6.45, 7) is 3.68. The van der Waals surface area contributed by atoms with Crippen LogP contribution in [0.4, 0.5) is 17.3 Å². The summed E-state index contributed by atoms with van der Waals surface area (Å²) in [5.41, 5.74) is 6.63. The Kier molecular flexibility index (Phi) is 9.90. The van der Waals surface area contributed by atoms with Crippen molar-refractivity contribution in [2.24, 2.45) is 19.8 Å². The second-order valence-corrected chi connectivity index (χ2v) is 11.8. The third-order valence-electron chi connectivity index (χ3n) is 6.65. The van der Waals surface area contributed by atoms with Crippen LogP contribution in [0.15, 0.2) is 59.3 Å². The van der Waals surface area contributed by atoms with Crippen LogP contribution in [0.5, 0.6) is 0 Å². The minimum atomic E-state index is -0.630. The summed E-state index contributed by atoms with van der Waals surface area (Å²) < 4.78 is 2.79. The van der Waals surface area contributed by atoms with Gasteiger partial charge in [-0.1, -0.05) is 6.58 Å². The number of rotatable bonds is 12. The predicted molar refractivity (Wildman–Crippen MR) is 175 cm³/mol. The van der Waals surface area contributed by atoms with E-state index in [0.29, 0.717) is 17.1 Å². The number of H-pyrrole nitrogens is 1. The van der Waals surface area contributed by atoms with E-state index in [-0.39, 0.29) is 56.6 Å². The number of nitrogens with zero attached hydrogens (tertiary/aromatic N) is 5. The summed E-state index contributed by atoms with van der Waals surface area (Å²) in [6, 6.07) is 2.85. The number of nitrogens with two attached hydrogens (primary N) is 1. The Morgan fingerprint density at radius 3 is 2.43 bits per heavy atom. The van der Waals surface area contributed by atoms with Crippen LogP contribution >= 0.6 is 15.9 Å². The quantitative estimate of drug-likeness (QED) is 0.0577. The molecular weight excluding hydrogens is 678 g/mol. The fourth-order valence-corrected chi connectivity index (χ4v) is 4.49. The largest absolute Gasteiger partial charge is 0.388 e. The number of aryl methyl sites for hydroxylation is 2. The lowest BCUT2D eigenvalue weighted by Crippen LogP contribution is -2.36.